The molecule has 2 aromatic carbocycles. The quantitative estimate of drug-likeness (QED) is 0.355. The molecule has 1 aromatic heterocycles. The number of fused-ring (bicyclic) bond motifs is 2. The van der Waals surface area contributed by atoms with Crippen LogP contribution in [0.3, 0.4) is 0 Å². The van der Waals surface area contributed by atoms with E-state index in [1.54, 1.807) is 0 Å². The number of aryl methyl sites for hydroxylation is 1. The Labute approximate surface area is 245 Å². The minimum Gasteiger partial charge on any atom is -0.484 e. The molecule has 214 valence electrons. The highest BCUT2D eigenvalue weighted by Gasteiger charge is 2.56. The summed E-state index contributed by atoms with van der Waals surface area (Å²) in [6.07, 6.45) is 10.8. The molecule has 10 rings (SSSR count). The molecule has 6 heterocycles. The number of nitrogens with zero attached hydrogens (tertiary/aromatic N) is 3. The highest BCUT2D eigenvalue weighted by atomic mass is 16.5. The molecule has 2 unspecified atom stereocenters. The first kappa shape index (κ1) is 26.7. The van der Waals surface area contributed by atoms with Crippen LogP contribution in [0.5, 0.6) is 5.75 Å². The van der Waals surface area contributed by atoms with Crippen molar-refractivity contribution in [1.29, 1.82) is 0 Å². The van der Waals surface area contributed by atoms with Crippen molar-refractivity contribution in [2.24, 2.45) is 11.8 Å². The van der Waals surface area contributed by atoms with Crippen LogP contribution in [-0.2, 0) is 18.6 Å². The zero-order chi connectivity index (χ0) is 29.0. The van der Waals surface area contributed by atoms with Gasteiger partial charge in [0.25, 0.3) is 0 Å². The number of aromatic carboxylic acids is 1. The van der Waals surface area contributed by atoms with E-state index >= 15 is 0 Å². The van der Waals surface area contributed by atoms with E-state index in [0.717, 1.165) is 48.3 Å². The summed E-state index contributed by atoms with van der Waals surface area (Å²) < 4.78 is 6.05. The van der Waals surface area contributed by atoms with E-state index in [1.807, 2.05) is 37.3 Å². The van der Waals surface area contributed by atoms with E-state index in [4.69, 9.17) is 14.7 Å². The number of anilines is 1. The van der Waals surface area contributed by atoms with Crippen molar-refractivity contribution in [2.45, 2.75) is 51.2 Å². The van der Waals surface area contributed by atoms with Crippen molar-refractivity contribution in [3.05, 3.63) is 118 Å². The highest BCUT2D eigenvalue weighted by Crippen LogP contribution is 2.61. The van der Waals surface area contributed by atoms with Crippen molar-refractivity contribution >= 4 is 11.7 Å². The zero-order valence-electron chi connectivity index (χ0n) is 24.0. The number of benzene rings is 2. The van der Waals surface area contributed by atoms with Crippen LogP contribution < -0.4 is 9.64 Å². The van der Waals surface area contributed by atoms with Crippen molar-refractivity contribution in [3.63, 3.8) is 0 Å². The number of allylic oxidation sites excluding steroid dienone is 6. The second kappa shape index (κ2) is 10.2. The molecule has 5 aliphatic heterocycles. The molecule has 7 heteroatoms. The number of hydrogen-bond acceptors (Lipinski definition) is 6. The molecule has 0 amide bonds. The number of aliphatic hydroxyl groups excluding tert-OH is 1. The third-order valence-electron chi connectivity index (χ3n) is 9.93. The van der Waals surface area contributed by atoms with Crippen molar-refractivity contribution in [1.82, 2.24) is 9.97 Å². The molecule has 2 atom stereocenters. The molecule has 2 aliphatic carbocycles. The minimum absolute atomic E-state index is 0.0324. The van der Waals surface area contributed by atoms with Crippen LogP contribution >= 0.6 is 0 Å². The number of ether oxygens (including phenoxy) is 1. The maximum atomic E-state index is 12.6. The van der Waals surface area contributed by atoms with Gasteiger partial charge in [-0.1, -0.05) is 73.7 Å². The first-order valence-electron chi connectivity index (χ1n) is 14.8. The predicted octanol–water partition coefficient (Wildman–Crippen LogP) is 5.88. The molecule has 3 aromatic rings. The fourth-order valence-electron chi connectivity index (χ4n) is 8.04. The number of carboxylic acids is 1. The Morgan fingerprint density at radius 1 is 1.07 bits per heavy atom. The molecule has 7 aliphatic rings. The SMILES string of the molecule is Cc1nc(C(C)C2(C3C4=CC=C3C=C4)c3ccc(c(CO)c3)N3CCC2CC3)nc(C(=O)O)c1OCc1ccccc1. The summed E-state index contributed by atoms with van der Waals surface area (Å²) >= 11 is 0. The first-order chi connectivity index (χ1) is 20.4. The van der Waals surface area contributed by atoms with Crippen molar-refractivity contribution in [2.75, 3.05) is 18.0 Å². The van der Waals surface area contributed by atoms with Crippen LogP contribution in [0.15, 0.2) is 84.0 Å². The van der Waals surface area contributed by atoms with Gasteiger partial charge in [-0.2, -0.15) is 0 Å². The minimum atomic E-state index is -1.13. The van der Waals surface area contributed by atoms with E-state index in [1.165, 1.54) is 11.1 Å². The molecule has 1 fully saturated rings. The summed E-state index contributed by atoms with van der Waals surface area (Å²) in [5.41, 5.74) is 6.65. The van der Waals surface area contributed by atoms with Gasteiger partial charge in [-0.25, -0.2) is 14.8 Å². The van der Waals surface area contributed by atoms with Crippen LogP contribution in [0.2, 0.25) is 0 Å². The Morgan fingerprint density at radius 3 is 2.43 bits per heavy atom. The Morgan fingerprint density at radius 2 is 1.79 bits per heavy atom. The van der Waals surface area contributed by atoms with Gasteiger partial charge < -0.3 is 19.8 Å². The van der Waals surface area contributed by atoms with Gasteiger partial charge in [0.1, 0.15) is 12.4 Å². The van der Waals surface area contributed by atoms with Gasteiger partial charge in [-0.3, -0.25) is 0 Å². The normalized spacial score (nSPS) is 22.9. The van der Waals surface area contributed by atoms with Crippen molar-refractivity contribution in [3.8, 4) is 5.75 Å². The topological polar surface area (TPSA) is 95.8 Å². The second-order valence-electron chi connectivity index (χ2n) is 11.9. The lowest BCUT2D eigenvalue weighted by Crippen LogP contribution is -2.50. The fraction of sp³-hybridized carbons (Fsp3) is 0.343. The van der Waals surface area contributed by atoms with Crippen LogP contribution in [0, 0.1) is 18.8 Å². The number of rotatable bonds is 8. The van der Waals surface area contributed by atoms with Gasteiger partial charge >= 0.3 is 5.97 Å². The highest BCUT2D eigenvalue weighted by molar-refractivity contribution is 5.89. The lowest BCUT2D eigenvalue weighted by atomic mass is 9.52. The van der Waals surface area contributed by atoms with E-state index in [9.17, 15) is 15.0 Å². The van der Waals surface area contributed by atoms with Gasteiger partial charge in [-0.05, 0) is 54.0 Å². The maximum absolute atomic E-state index is 12.6. The number of carbonyl (C=O) groups is 1. The zero-order valence-corrected chi connectivity index (χ0v) is 24.0. The summed E-state index contributed by atoms with van der Waals surface area (Å²) in [5.74, 6) is -0.225. The molecule has 7 nitrogen and oxygen atoms in total. The number of piperidine rings is 1. The molecule has 6 bridgehead atoms. The molecule has 1 saturated heterocycles. The van der Waals surface area contributed by atoms with Gasteiger partial charge in [0.05, 0.1) is 12.3 Å². The molecule has 0 saturated carbocycles. The largest absolute Gasteiger partial charge is 0.484 e. The standard InChI is InChI=1S/C35H35N3O4/c1-21(33-36-22(2)32(31(37-33)34(40)41)42-20-23-6-4-3-5-7-23)35(30-24-8-9-25(30)11-10-24)27-14-16-38(17-15-27)29-13-12-28(35)18-26(29)19-39/h3-13,18,21,27,30,39H,14-17,19-20H2,1-2H3,(H,40,41). The summed E-state index contributed by atoms with van der Waals surface area (Å²) in [4.78, 5) is 24.8. The van der Waals surface area contributed by atoms with E-state index < -0.39 is 11.4 Å². The Bertz CT molecular complexity index is 1630. The van der Waals surface area contributed by atoms with Gasteiger partial charge in [0, 0.05) is 41.6 Å². The Hall–Kier alpha value is -4.23. The van der Waals surface area contributed by atoms with Crippen LogP contribution in [0.1, 0.15) is 64.4 Å². The van der Waals surface area contributed by atoms with Crippen LogP contribution in [-0.4, -0.2) is 39.2 Å². The molecule has 42 heavy (non-hydrogen) atoms. The second-order valence-corrected chi connectivity index (χ2v) is 11.9. The van der Waals surface area contributed by atoms with Crippen molar-refractivity contribution < 1.29 is 19.7 Å². The number of aromatic nitrogens is 2. The predicted molar refractivity (Wildman–Crippen MR) is 161 cm³/mol. The molecular formula is C35H35N3O4. The van der Waals surface area contributed by atoms with E-state index in [2.05, 4.69) is 54.3 Å². The lowest BCUT2D eigenvalue weighted by Gasteiger charge is -2.51. The van der Waals surface area contributed by atoms with E-state index in [0.29, 0.717) is 17.4 Å². The molecule has 2 N–H and O–H groups in total. The monoisotopic (exact) mass is 561 g/mol. The first-order valence-corrected chi connectivity index (χ1v) is 14.8. The smallest absolute Gasteiger partial charge is 0.358 e. The lowest BCUT2D eigenvalue weighted by molar-refractivity contribution is 0.0682. The number of carboxylic acid groups (broad SMARTS) is 1. The third kappa shape index (κ3) is 4.02. The maximum Gasteiger partial charge on any atom is 0.358 e. The summed E-state index contributed by atoms with van der Waals surface area (Å²) in [5, 5.41) is 20.8. The molecule has 0 spiro atoms. The third-order valence-corrected chi connectivity index (χ3v) is 9.93. The van der Waals surface area contributed by atoms with Gasteiger partial charge in [0.15, 0.2) is 11.4 Å². The van der Waals surface area contributed by atoms with E-state index in [-0.39, 0.29) is 36.5 Å². The Balaban J connectivity index is 1.39. The number of aliphatic hydroxyl groups is 1. The average Bonchev–Trinajstić information content (AvgIpc) is 3.65. The summed E-state index contributed by atoms with van der Waals surface area (Å²) in [6.45, 7) is 6.00. The van der Waals surface area contributed by atoms with Gasteiger partial charge in [-0.15, -0.1) is 0 Å². The molecular weight excluding hydrogens is 526 g/mol. The van der Waals surface area contributed by atoms with Crippen LogP contribution in [0.25, 0.3) is 0 Å². The fourth-order valence-corrected chi connectivity index (χ4v) is 8.04. The van der Waals surface area contributed by atoms with Gasteiger partial charge in [0.2, 0.25) is 0 Å². The molecule has 0 radical (unpaired) electrons. The average molecular weight is 562 g/mol. The summed E-state index contributed by atoms with van der Waals surface area (Å²) in [7, 11) is 0. The number of hydrogen-bond donors (Lipinski definition) is 2. The summed E-state index contributed by atoms with van der Waals surface area (Å²) in [6, 6.07) is 16.2. The Kier molecular flexibility index (Phi) is 6.50. The van der Waals surface area contributed by atoms with Crippen LogP contribution in [0.4, 0.5) is 5.69 Å².